The minimum Gasteiger partial charge on any atom is -0.449 e. The van der Waals surface area contributed by atoms with E-state index in [9.17, 15) is 14.9 Å². The van der Waals surface area contributed by atoms with Crippen LogP contribution in [0.4, 0.5) is 0 Å². The van der Waals surface area contributed by atoms with Crippen LogP contribution in [0.15, 0.2) is 78.9 Å². The van der Waals surface area contributed by atoms with Gasteiger partial charge in [-0.1, -0.05) is 87.0 Å². The molecule has 6 heteroatoms. The number of nitrogens with one attached hydrogen (secondary N) is 1. The molecule has 39 heavy (non-hydrogen) atoms. The normalized spacial score (nSPS) is 14.4. The molecule has 0 saturated carbocycles. The van der Waals surface area contributed by atoms with Crippen molar-refractivity contribution in [1.82, 2.24) is 5.32 Å². The third-order valence-electron chi connectivity index (χ3n) is 6.65. The first-order chi connectivity index (χ1) is 18.4. The zero-order valence-electron chi connectivity index (χ0n) is 23.3. The largest absolute Gasteiger partial charge is 0.449 e. The third-order valence-corrected chi connectivity index (χ3v) is 6.91. The average Bonchev–Trinajstić information content (AvgIpc) is 2.87. The van der Waals surface area contributed by atoms with Gasteiger partial charge in [-0.15, -0.1) is 0 Å². The van der Waals surface area contributed by atoms with Crippen molar-refractivity contribution in [2.75, 3.05) is 0 Å². The van der Waals surface area contributed by atoms with E-state index < -0.39 is 11.6 Å². The summed E-state index contributed by atoms with van der Waals surface area (Å²) < 4.78 is 5.93. The van der Waals surface area contributed by atoms with E-state index >= 15 is 0 Å². The third kappa shape index (κ3) is 8.97. The average molecular weight is 545 g/mol. The van der Waals surface area contributed by atoms with Crippen molar-refractivity contribution in [2.45, 2.75) is 71.4 Å². The van der Waals surface area contributed by atoms with Crippen LogP contribution in [0.5, 0.6) is 0 Å². The number of benzene rings is 3. The van der Waals surface area contributed by atoms with Gasteiger partial charge in [0.25, 0.3) is 5.91 Å². The number of nitriles is 1. The molecule has 0 fully saturated rings. The first-order valence-electron chi connectivity index (χ1n) is 13.2. The number of halogens is 1. The number of hydrogen-bond donors (Lipinski definition) is 1. The van der Waals surface area contributed by atoms with E-state index in [1.54, 1.807) is 13.0 Å². The molecule has 0 bridgehead atoms. The van der Waals surface area contributed by atoms with Crippen molar-refractivity contribution in [1.29, 1.82) is 5.26 Å². The van der Waals surface area contributed by atoms with Crippen LogP contribution in [-0.4, -0.2) is 23.5 Å². The summed E-state index contributed by atoms with van der Waals surface area (Å²) in [7, 11) is 0. The Bertz CT molecular complexity index is 1310. The molecule has 0 aromatic heterocycles. The summed E-state index contributed by atoms with van der Waals surface area (Å²) in [5.41, 5.74) is 1.76. The molecule has 204 valence electrons. The predicted octanol–water partition coefficient (Wildman–Crippen LogP) is 7.02. The predicted molar refractivity (Wildman–Crippen MR) is 155 cm³/mol. The SMILES string of the molecule is C[C@H](NC(=O)[C@](C)(Cc1ccccc1)OC(=O)CC(C)(C)C)[C@@H](Cc1ccc(Cl)cc1)c1cccc(C#N)c1. The van der Waals surface area contributed by atoms with Crippen LogP contribution >= 0.6 is 11.6 Å². The smallest absolute Gasteiger partial charge is 0.307 e. The van der Waals surface area contributed by atoms with E-state index in [1.807, 2.05) is 100 Å². The highest BCUT2D eigenvalue weighted by Gasteiger charge is 2.40. The molecule has 0 spiro atoms. The van der Waals surface area contributed by atoms with E-state index in [0.29, 0.717) is 17.0 Å². The monoisotopic (exact) mass is 544 g/mol. The fraction of sp³-hybridized carbons (Fsp3) is 0.364. The Morgan fingerprint density at radius 3 is 2.23 bits per heavy atom. The lowest BCUT2D eigenvalue weighted by atomic mass is 9.85. The van der Waals surface area contributed by atoms with E-state index in [4.69, 9.17) is 16.3 Å². The molecule has 3 aromatic carbocycles. The van der Waals surface area contributed by atoms with Gasteiger partial charge < -0.3 is 10.1 Å². The Labute approximate surface area is 237 Å². The lowest BCUT2D eigenvalue weighted by Gasteiger charge is -2.33. The first kappa shape index (κ1) is 29.9. The molecule has 0 aliphatic carbocycles. The topological polar surface area (TPSA) is 79.2 Å². The van der Waals surface area contributed by atoms with Gasteiger partial charge in [0.15, 0.2) is 5.60 Å². The molecule has 0 aliphatic rings. The van der Waals surface area contributed by atoms with Crippen molar-refractivity contribution in [3.63, 3.8) is 0 Å². The summed E-state index contributed by atoms with van der Waals surface area (Å²) in [6, 6.07) is 26.5. The van der Waals surface area contributed by atoms with E-state index in [0.717, 1.165) is 16.7 Å². The molecule has 0 heterocycles. The van der Waals surface area contributed by atoms with Crippen LogP contribution in [0.2, 0.25) is 5.02 Å². The number of rotatable bonds is 10. The van der Waals surface area contributed by atoms with E-state index in [1.165, 1.54) is 0 Å². The zero-order chi connectivity index (χ0) is 28.6. The van der Waals surface area contributed by atoms with Crippen LogP contribution in [0.25, 0.3) is 0 Å². The number of esters is 1. The second-order valence-electron chi connectivity index (χ2n) is 11.5. The lowest BCUT2D eigenvalue weighted by molar-refractivity contribution is -0.168. The Morgan fingerprint density at radius 1 is 0.949 bits per heavy atom. The van der Waals surface area contributed by atoms with Gasteiger partial charge in [0.2, 0.25) is 0 Å². The van der Waals surface area contributed by atoms with Crippen molar-refractivity contribution in [3.05, 3.63) is 106 Å². The second-order valence-corrected chi connectivity index (χ2v) is 12.0. The van der Waals surface area contributed by atoms with Crippen molar-refractivity contribution < 1.29 is 14.3 Å². The summed E-state index contributed by atoms with van der Waals surface area (Å²) in [6.45, 7) is 9.50. The first-order valence-corrected chi connectivity index (χ1v) is 13.6. The van der Waals surface area contributed by atoms with Gasteiger partial charge in [-0.05, 0) is 66.6 Å². The summed E-state index contributed by atoms with van der Waals surface area (Å²) >= 11 is 6.10. The summed E-state index contributed by atoms with van der Waals surface area (Å²) in [4.78, 5) is 26.8. The van der Waals surface area contributed by atoms with Crippen LogP contribution in [0.1, 0.15) is 69.2 Å². The molecule has 0 aliphatic heterocycles. The van der Waals surface area contributed by atoms with Crippen molar-refractivity contribution in [2.24, 2.45) is 5.41 Å². The van der Waals surface area contributed by atoms with Gasteiger partial charge in [0, 0.05) is 23.4 Å². The Hall–Kier alpha value is -3.62. The second kappa shape index (κ2) is 13.0. The van der Waals surface area contributed by atoms with E-state index in [-0.39, 0.29) is 36.1 Å². The molecule has 3 rings (SSSR count). The minimum atomic E-state index is -1.41. The van der Waals surface area contributed by atoms with Gasteiger partial charge in [-0.2, -0.15) is 5.26 Å². The van der Waals surface area contributed by atoms with Gasteiger partial charge >= 0.3 is 5.97 Å². The number of nitrogens with zero attached hydrogens (tertiary/aromatic N) is 1. The highest BCUT2D eigenvalue weighted by molar-refractivity contribution is 6.30. The van der Waals surface area contributed by atoms with Gasteiger partial charge in [-0.3, -0.25) is 9.59 Å². The van der Waals surface area contributed by atoms with Crippen molar-refractivity contribution >= 4 is 23.5 Å². The molecule has 0 unspecified atom stereocenters. The molecular formula is C33H37ClN2O3. The van der Waals surface area contributed by atoms with Crippen LogP contribution in [0.3, 0.4) is 0 Å². The molecule has 3 aromatic rings. The minimum absolute atomic E-state index is 0.144. The number of carbonyl (C=O) groups excluding carboxylic acids is 2. The molecule has 0 radical (unpaired) electrons. The number of ether oxygens (including phenoxy) is 1. The van der Waals surface area contributed by atoms with Crippen molar-refractivity contribution in [3.8, 4) is 6.07 Å². The maximum atomic E-state index is 13.9. The molecule has 1 N–H and O–H groups in total. The molecule has 1 amide bonds. The molecule has 3 atom stereocenters. The van der Waals surface area contributed by atoms with Crippen LogP contribution < -0.4 is 5.32 Å². The highest BCUT2D eigenvalue weighted by Crippen LogP contribution is 2.29. The number of amides is 1. The Kier molecular flexibility index (Phi) is 9.94. The van der Waals surface area contributed by atoms with E-state index in [2.05, 4.69) is 11.4 Å². The lowest BCUT2D eigenvalue weighted by Crippen LogP contribution is -2.53. The summed E-state index contributed by atoms with van der Waals surface area (Å²) in [5.74, 6) is -0.920. The Balaban J connectivity index is 1.91. The standard InChI is InChI=1S/C33H37ClN2O3/c1-23(29(19-24-14-16-28(34)17-15-24)27-13-9-12-26(18-27)22-35)36-31(38)33(5,20-25-10-7-6-8-11-25)39-30(37)21-32(2,3)4/h6-18,23,29H,19-21H2,1-5H3,(H,36,38)/t23-,29+,33-/m0/s1. The fourth-order valence-electron chi connectivity index (χ4n) is 4.63. The number of carbonyl (C=O) groups is 2. The maximum Gasteiger partial charge on any atom is 0.307 e. The highest BCUT2D eigenvalue weighted by atomic mass is 35.5. The zero-order valence-corrected chi connectivity index (χ0v) is 24.1. The Morgan fingerprint density at radius 2 is 1.62 bits per heavy atom. The molecule has 0 saturated heterocycles. The maximum absolute atomic E-state index is 13.9. The van der Waals surface area contributed by atoms with Crippen LogP contribution in [-0.2, 0) is 27.2 Å². The van der Waals surface area contributed by atoms with Crippen LogP contribution in [0, 0.1) is 16.7 Å². The quantitative estimate of drug-likeness (QED) is 0.278. The molecular weight excluding hydrogens is 508 g/mol. The summed E-state index contributed by atoms with van der Waals surface area (Å²) in [6.07, 6.45) is 1.06. The van der Waals surface area contributed by atoms with Gasteiger partial charge in [0.05, 0.1) is 18.1 Å². The fourth-order valence-corrected chi connectivity index (χ4v) is 4.75. The summed E-state index contributed by atoms with van der Waals surface area (Å²) in [5, 5.41) is 13.3. The molecule has 5 nitrogen and oxygen atoms in total. The van der Waals surface area contributed by atoms with Gasteiger partial charge in [-0.25, -0.2) is 0 Å². The number of hydrogen-bond acceptors (Lipinski definition) is 4. The van der Waals surface area contributed by atoms with Gasteiger partial charge in [0.1, 0.15) is 0 Å².